The van der Waals surface area contributed by atoms with Crippen LogP contribution in [0.1, 0.15) is 69.3 Å². The number of aliphatic hydroxyl groups is 1. The Bertz CT molecular complexity index is 1870. The molecule has 4 aromatic rings. The van der Waals surface area contributed by atoms with Crippen LogP contribution in [0.5, 0.6) is 5.75 Å². The Morgan fingerprint density at radius 1 is 0.729 bits per heavy atom. The Kier molecular flexibility index (Phi) is 9.92. The van der Waals surface area contributed by atoms with E-state index in [-0.39, 0.29) is 6.42 Å². The van der Waals surface area contributed by atoms with Crippen LogP contribution in [-0.4, -0.2) is 28.3 Å². The molecule has 0 aliphatic heterocycles. The van der Waals surface area contributed by atoms with Gasteiger partial charge in [-0.1, -0.05) is 48.5 Å². The highest BCUT2D eigenvalue weighted by molar-refractivity contribution is 6.10. The molecule has 1 saturated carbocycles. The van der Waals surface area contributed by atoms with Crippen LogP contribution in [0, 0.1) is 60.3 Å². The fourth-order valence-corrected chi connectivity index (χ4v) is 6.78. The number of amides is 2. The number of hydrogen-bond donors (Lipinski definition) is 3. The highest BCUT2D eigenvalue weighted by atomic mass is 16.5. The van der Waals surface area contributed by atoms with Crippen molar-refractivity contribution in [3.63, 3.8) is 0 Å². The van der Waals surface area contributed by atoms with E-state index in [9.17, 15) is 19.5 Å². The van der Waals surface area contributed by atoms with Crippen LogP contribution in [0.2, 0.25) is 0 Å². The van der Waals surface area contributed by atoms with Crippen molar-refractivity contribution in [1.29, 1.82) is 0 Å². The van der Waals surface area contributed by atoms with E-state index < -0.39 is 41.0 Å². The van der Waals surface area contributed by atoms with Crippen molar-refractivity contribution in [1.82, 2.24) is 0 Å². The van der Waals surface area contributed by atoms with Crippen molar-refractivity contribution in [2.75, 3.05) is 10.6 Å². The van der Waals surface area contributed by atoms with Crippen molar-refractivity contribution in [3.05, 3.63) is 123 Å². The van der Waals surface area contributed by atoms with Gasteiger partial charge in [0.2, 0.25) is 11.8 Å². The molecule has 0 spiro atoms. The Hall–Kier alpha value is -4.75. The average Bonchev–Trinajstić information content (AvgIpc) is 3.01. The van der Waals surface area contributed by atoms with Gasteiger partial charge in [0, 0.05) is 23.7 Å². The van der Waals surface area contributed by atoms with Gasteiger partial charge in [0.25, 0.3) is 0 Å². The first kappa shape index (κ1) is 34.6. The summed E-state index contributed by atoms with van der Waals surface area (Å²) in [5, 5.41) is 17.8. The zero-order valence-corrected chi connectivity index (χ0v) is 29.2. The lowest BCUT2D eigenvalue weighted by Gasteiger charge is -2.44. The van der Waals surface area contributed by atoms with Crippen molar-refractivity contribution in [2.45, 2.75) is 79.9 Å². The summed E-state index contributed by atoms with van der Waals surface area (Å²) < 4.78 is 6.15. The molecule has 7 nitrogen and oxygen atoms in total. The summed E-state index contributed by atoms with van der Waals surface area (Å²) in [6, 6.07) is 22.9. The molecule has 5 rings (SSSR count). The van der Waals surface area contributed by atoms with Gasteiger partial charge in [-0.15, -0.1) is 0 Å². The molecule has 0 heterocycles. The van der Waals surface area contributed by atoms with Crippen LogP contribution >= 0.6 is 0 Å². The fraction of sp³-hybridized carbons (Fsp3) is 0.341. The molecule has 4 unspecified atom stereocenters. The molecule has 4 atom stereocenters. The molecule has 4 aromatic carbocycles. The minimum Gasteiger partial charge on any atom is -0.489 e. The SMILES string of the molecule is Cc1ccc(C)c(NC(=O)C2C(=O)CC(C)(O)C(C(=O)Nc3cc(C)ccc3C)C2c2ccc(OCc3cc(C)c(C)cc3C)cc2)c1. The summed E-state index contributed by atoms with van der Waals surface area (Å²) in [4.78, 5) is 42.2. The molecule has 0 saturated heterocycles. The summed E-state index contributed by atoms with van der Waals surface area (Å²) in [6.45, 7) is 15.8. The number of benzene rings is 4. The molecule has 1 fully saturated rings. The second-order valence-electron chi connectivity index (χ2n) is 13.8. The van der Waals surface area contributed by atoms with E-state index in [1.807, 2.05) is 64.1 Å². The normalized spacial score (nSPS) is 20.7. The number of nitrogens with one attached hydrogen (secondary N) is 2. The number of ketones is 1. The average molecular weight is 647 g/mol. The predicted octanol–water partition coefficient (Wildman–Crippen LogP) is 7.74. The van der Waals surface area contributed by atoms with Crippen molar-refractivity contribution in [2.24, 2.45) is 11.8 Å². The molecule has 250 valence electrons. The third kappa shape index (κ3) is 7.37. The van der Waals surface area contributed by atoms with Crippen LogP contribution in [0.4, 0.5) is 11.4 Å². The third-order valence-corrected chi connectivity index (χ3v) is 9.75. The highest BCUT2D eigenvalue weighted by Crippen LogP contribution is 2.47. The van der Waals surface area contributed by atoms with Crippen molar-refractivity contribution >= 4 is 29.0 Å². The van der Waals surface area contributed by atoms with Gasteiger partial charge in [0.05, 0.1) is 11.5 Å². The maximum absolute atomic E-state index is 14.2. The summed E-state index contributed by atoms with van der Waals surface area (Å²) in [6.07, 6.45) is -0.338. The van der Waals surface area contributed by atoms with E-state index in [1.54, 1.807) is 24.3 Å². The van der Waals surface area contributed by atoms with Gasteiger partial charge in [-0.2, -0.15) is 0 Å². The van der Waals surface area contributed by atoms with E-state index in [1.165, 1.54) is 18.1 Å². The second-order valence-corrected chi connectivity index (χ2v) is 13.8. The van der Waals surface area contributed by atoms with Gasteiger partial charge in [-0.25, -0.2) is 0 Å². The number of ether oxygens (including phenoxy) is 1. The monoisotopic (exact) mass is 646 g/mol. The minimum absolute atomic E-state index is 0.338. The standard InChI is InChI=1S/C41H46N2O5/c1-23-9-11-25(3)33(17-23)42-39(45)37-35(44)21-41(8,47)38(40(46)43-34-18-24(2)10-12-26(34)4)36(37)30-13-15-32(16-14-30)48-22-31-20-28(6)27(5)19-29(31)7/h9-20,36-38,47H,21-22H2,1-8H3,(H,42,45)(H,43,46). The van der Waals surface area contributed by atoms with Crippen LogP contribution in [-0.2, 0) is 21.0 Å². The topological polar surface area (TPSA) is 105 Å². The van der Waals surface area contributed by atoms with Crippen molar-refractivity contribution < 1.29 is 24.2 Å². The first-order chi connectivity index (χ1) is 22.6. The van der Waals surface area contributed by atoms with E-state index >= 15 is 0 Å². The lowest BCUT2D eigenvalue weighted by atomic mass is 9.61. The fourth-order valence-electron chi connectivity index (χ4n) is 6.78. The third-order valence-electron chi connectivity index (χ3n) is 9.75. The maximum Gasteiger partial charge on any atom is 0.235 e. The Morgan fingerprint density at radius 2 is 1.27 bits per heavy atom. The molecule has 1 aliphatic carbocycles. The molecular formula is C41H46N2O5. The van der Waals surface area contributed by atoms with E-state index in [0.29, 0.717) is 29.3 Å². The van der Waals surface area contributed by atoms with Gasteiger partial charge in [-0.05, 0) is 130 Å². The number of carbonyl (C=O) groups is 3. The summed E-state index contributed by atoms with van der Waals surface area (Å²) >= 11 is 0. The van der Waals surface area contributed by atoms with Gasteiger partial charge in [0.15, 0.2) is 0 Å². The molecule has 0 aromatic heterocycles. The molecular weight excluding hydrogens is 600 g/mol. The van der Waals surface area contributed by atoms with E-state index in [4.69, 9.17) is 4.74 Å². The van der Waals surface area contributed by atoms with Crippen LogP contribution < -0.4 is 15.4 Å². The number of hydrogen-bond acceptors (Lipinski definition) is 5. The summed E-state index contributed by atoms with van der Waals surface area (Å²) in [5.74, 6) is -4.07. The second kappa shape index (κ2) is 13.8. The molecule has 1 aliphatic rings. The van der Waals surface area contributed by atoms with Crippen LogP contribution in [0.15, 0.2) is 72.8 Å². The Morgan fingerprint density at radius 3 is 1.85 bits per heavy atom. The quantitative estimate of drug-likeness (QED) is 0.170. The number of carbonyl (C=O) groups excluding carboxylic acids is 3. The minimum atomic E-state index is -1.71. The number of rotatable bonds is 8. The molecule has 3 N–H and O–H groups in total. The first-order valence-corrected chi connectivity index (χ1v) is 16.5. The van der Waals surface area contributed by atoms with Gasteiger partial charge < -0.3 is 20.5 Å². The van der Waals surface area contributed by atoms with Crippen molar-refractivity contribution in [3.8, 4) is 5.75 Å². The lowest BCUT2D eigenvalue weighted by Crippen LogP contribution is -2.56. The van der Waals surface area contributed by atoms with Crippen LogP contribution in [0.3, 0.4) is 0 Å². The first-order valence-electron chi connectivity index (χ1n) is 16.5. The van der Waals surface area contributed by atoms with Gasteiger partial charge in [-0.3, -0.25) is 14.4 Å². The van der Waals surface area contributed by atoms with Crippen LogP contribution in [0.25, 0.3) is 0 Å². The zero-order chi connectivity index (χ0) is 34.9. The summed E-state index contributed by atoms with van der Waals surface area (Å²) in [7, 11) is 0. The van der Waals surface area contributed by atoms with Gasteiger partial charge in [0.1, 0.15) is 24.1 Å². The maximum atomic E-state index is 14.2. The van der Waals surface area contributed by atoms with E-state index in [0.717, 1.165) is 33.4 Å². The number of anilines is 2. The lowest BCUT2D eigenvalue weighted by molar-refractivity contribution is -0.150. The molecule has 2 amide bonds. The van der Waals surface area contributed by atoms with E-state index in [2.05, 4.69) is 43.5 Å². The predicted molar refractivity (Wildman–Crippen MR) is 190 cm³/mol. The molecule has 7 heteroatoms. The molecule has 48 heavy (non-hydrogen) atoms. The number of Topliss-reactive ketones (excluding diaryl/α,β-unsaturated/α-hetero) is 1. The highest BCUT2D eigenvalue weighted by Gasteiger charge is 2.56. The number of aryl methyl sites for hydroxylation is 7. The summed E-state index contributed by atoms with van der Waals surface area (Å²) in [5.41, 5.74) is 8.39. The molecule has 0 radical (unpaired) electrons. The Balaban J connectivity index is 1.52. The largest absolute Gasteiger partial charge is 0.489 e. The molecule has 0 bridgehead atoms. The Labute approximate surface area is 283 Å². The zero-order valence-electron chi connectivity index (χ0n) is 29.2. The van der Waals surface area contributed by atoms with Gasteiger partial charge >= 0.3 is 0 Å². The smallest absolute Gasteiger partial charge is 0.235 e.